The number of nitrogens with two attached hydrogens (primary N) is 1. The number of carbonyl (C=O) groups is 1. The maximum Gasteiger partial charge on any atom is 0.256 e. The van der Waals surface area contributed by atoms with Crippen molar-refractivity contribution in [1.29, 1.82) is 0 Å². The minimum Gasteiger partial charge on any atom is -0.497 e. The molecule has 1 rings (SSSR count). The zero-order valence-electron chi connectivity index (χ0n) is 13.1. The molecule has 0 aliphatic heterocycles. The molecule has 0 aromatic heterocycles. The van der Waals surface area contributed by atoms with Crippen LogP contribution < -0.4 is 15.2 Å². The first-order valence-electron chi connectivity index (χ1n) is 6.58. The van der Waals surface area contributed by atoms with Crippen molar-refractivity contribution in [1.82, 2.24) is 4.90 Å². The number of benzene rings is 1. The molecule has 1 amide bonds. The Morgan fingerprint density at radius 1 is 1.30 bits per heavy atom. The number of amides is 1. The zero-order chi connectivity index (χ0) is 15.5. The lowest BCUT2D eigenvalue weighted by Gasteiger charge is -2.35. The minimum absolute atomic E-state index is 0.147. The van der Waals surface area contributed by atoms with E-state index >= 15 is 0 Å². The fourth-order valence-electron chi connectivity index (χ4n) is 1.76. The second kappa shape index (κ2) is 6.03. The standard InChI is InChI=1S/C15H24N2O3/c1-7-15(2,3)17(4)14(18)11-8-10(19-5)9-12(20-6)13(11)16/h8-9H,7,16H2,1-6H3. The number of nitrogens with zero attached hydrogens (tertiary/aromatic N) is 1. The Hall–Kier alpha value is -1.91. The summed E-state index contributed by atoms with van der Waals surface area (Å²) in [5.41, 5.74) is 6.49. The molecule has 0 saturated heterocycles. The summed E-state index contributed by atoms with van der Waals surface area (Å²) < 4.78 is 10.4. The molecule has 0 saturated carbocycles. The largest absolute Gasteiger partial charge is 0.497 e. The number of carbonyl (C=O) groups excluding carboxylic acids is 1. The molecule has 5 nitrogen and oxygen atoms in total. The predicted octanol–water partition coefficient (Wildman–Crippen LogP) is 2.55. The van der Waals surface area contributed by atoms with Crippen LogP contribution in [0.4, 0.5) is 5.69 Å². The van der Waals surface area contributed by atoms with Crippen molar-refractivity contribution in [2.45, 2.75) is 32.7 Å². The summed E-state index contributed by atoms with van der Waals surface area (Å²) in [6, 6.07) is 3.31. The summed E-state index contributed by atoms with van der Waals surface area (Å²) in [6.07, 6.45) is 0.844. The number of hydrogen-bond donors (Lipinski definition) is 1. The third-order valence-electron chi connectivity index (χ3n) is 3.88. The summed E-state index contributed by atoms with van der Waals surface area (Å²) in [5, 5.41) is 0. The van der Waals surface area contributed by atoms with Crippen LogP contribution in [0.5, 0.6) is 11.5 Å². The van der Waals surface area contributed by atoms with E-state index in [-0.39, 0.29) is 11.4 Å². The molecule has 0 radical (unpaired) electrons. The van der Waals surface area contributed by atoms with Gasteiger partial charge in [-0.15, -0.1) is 0 Å². The van der Waals surface area contributed by atoms with Gasteiger partial charge in [-0.1, -0.05) is 6.92 Å². The van der Waals surface area contributed by atoms with Crippen molar-refractivity contribution in [2.75, 3.05) is 27.0 Å². The van der Waals surface area contributed by atoms with Gasteiger partial charge >= 0.3 is 0 Å². The summed E-state index contributed by atoms with van der Waals surface area (Å²) in [7, 11) is 4.83. The van der Waals surface area contributed by atoms with Gasteiger partial charge in [-0.05, 0) is 26.3 Å². The number of nitrogen functional groups attached to an aromatic ring is 1. The van der Waals surface area contributed by atoms with Crippen LogP contribution in [0.25, 0.3) is 0 Å². The van der Waals surface area contributed by atoms with E-state index in [9.17, 15) is 4.79 Å². The fraction of sp³-hybridized carbons (Fsp3) is 0.533. The second-order valence-electron chi connectivity index (χ2n) is 5.32. The molecule has 0 heterocycles. The van der Waals surface area contributed by atoms with Gasteiger partial charge in [-0.2, -0.15) is 0 Å². The third-order valence-corrected chi connectivity index (χ3v) is 3.88. The summed E-state index contributed by atoms with van der Waals surface area (Å²) in [4.78, 5) is 14.3. The molecule has 1 aromatic rings. The van der Waals surface area contributed by atoms with Crippen LogP contribution in [0.1, 0.15) is 37.6 Å². The van der Waals surface area contributed by atoms with Crippen LogP contribution in [0.2, 0.25) is 0 Å². The Balaban J connectivity index is 3.28. The SMILES string of the molecule is CCC(C)(C)N(C)C(=O)c1cc(OC)cc(OC)c1N. The number of anilines is 1. The van der Waals surface area contributed by atoms with E-state index in [0.717, 1.165) is 6.42 Å². The Labute approximate surface area is 120 Å². The Bertz CT molecular complexity index is 498. The molecule has 0 spiro atoms. The summed E-state index contributed by atoms with van der Waals surface area (Å²) >= 11 is 0. The van der Waals surface area contributed by atoms with Crippen molar-refractivity contribution >= 4 is 11.6 Å². The molecule has 0 bridgehead atoms. The van der Waals surface area contributed by atoms with Crippen molar-refractivity contribution < 1.29 is 14.3 Å². The first-order chi connectivity index (χ1) is 9.28. The highest BCUT2D eigenvalue weighted by molar-refractivity contribution is 6.01. The molecule has 2 N–H and O–H groups in total. The Kier molecular flexibility index (Phi) is 4.87. The Morgan fingerprint density at radius 3 is 2.35 bits per heavy atom. The van der Waals surface area contributed by atoms with Gasteiger partial charge in [0, 0.05) is 18.7 Å². The van der Waals surface area contributed by atoms with Crippen LogP contribution in [-0.2, 0) is 0 Å². The van der Waals surface area contributed by atoms with Gasteiger partial charge in [0.2, 0.25) is 0 Å². The van der Waals surface area contributed by atoms with Crippen LogP contribution >= 0.6 is 0 Å². The monoisotopic (exact) mass is 280 g/mol. The lowest BCUT2D eigenvalue weighted by molar-refractivity contribution is 0.0620. The first kappa shape index (κ1) is 16.1. The fourth-order valence-corrected chi connectivity index (χ4v) is 1.76. The number of rotatable bonds is 5. The van der Waals surface area contributed by atoms with E-state index in [2.05, 4.69) is 0 Å². The average molecular weight is 280 g/mol. The highest BCUT2D eigenvalue weighted by Gasteiger charge is 2.28. The number of hydrogen-bond acceptors (Lipinski definition) is 4. The van der Waals surface area contributed by atoms with E-state index in [1.165, 1.54) is 7.11 Å². The smallest absolute Gasteiger partial charge is 0.256 e. The molecule has 0 atom stereocenters. The van der Waals surface area contributed by atoms with Crippen molar-refractivity contribution in [3.05, 3.63) is 17.7 Å². The molecule has 112 valence electrons. The number of ether oxygens (including phenoxy) is 2. The van der Waals surface area contributed by atoms with Gasteiger partial charge in [0.25, 0.3) is 5.91 Å². The van der Waals surface area contributed by atoms with Crippen LogP contribution in [0.15, 0.2) is 12.1 Å². The average Bonchev–Trinajstić information content (AvgIpc) is 2.45. The second-order valence-corrected chi connectivity index (χ2v) is 5.32. The zero-order valence-corrected chi connectivity index (χ0v) is 13.1. The maximum atomic E-state index is 12.6. The van der Waals surface area contributed by atoms with Crippen LogP contribution in [-0.4, -0.2) is 37.6 Å². The van der Waals surface area contributed by atoms with Crippen LogP contribution in [0, 0.1) is 0 Å². The molecule has 5 heteroatoms. The molecular formula is C15H24N2O3. The molecule has 20 heavy (non-hydrogen) atoms. The third kappa shape index (κ3) is 2.98. The molecule has 0 aliphatic carbocycles. The normalized spacial score (nSPS) is 11.1. The van der Waals surface area contributed by atoms with Gasteiger partial charge in [0.05, 0.1) is 25.5 Å². The summed E-state index contributed by atoms with van der Waals surface area (Å²) in [5.74, 6) is 0.837. The van der Waals surface area contributed by atoms with Crippen LogP contribution in [0.3, 0.4) is 0 Å². The van der Waals surface area contributed by atoms with E-state index in [1.807, 2.05) is 20.8 Å². The van der Waals surface area contributed by atoms with E-state index in [4.69, 9.17) is 15.2 Å². The first-order valence-corrected chi connectivity index (χ1v) is 6.58. The molecule has 1 aromatic carbocycles. The van der Waals surface area contributed by atoms with Gasteiger partial charge in [-0.3, -0.25) is 4.79 Å². The highest BCUT2D eigenvalue weighted by atomic mass is 16.5. The van der Waals surface area contributed by atoms with E-state index in [0.29, 0.717) is 22.7 Å². The lowest BCUT2D eigenvalue weighted by Crippen LogP contribution is -2.44. The van der Waals surface area contributed by atoms with E-state index in [1.54, 1.807) is 31.2 Å². The van der Waals surface area contributed by atoms with Gasteiger partial charge in [0.1, 0.15) is 11.5 Å². The molecule has 0 aliphatic rings. The molecule has 0 unspecified atom stereocenters. The summed E-state index contributed by atoms with van der Waals surface area (Å²) in [6.45, 7) is 6.07. The van der Waals surface area contributed by atoms with Gasteiger partial charge < -0.3 is 20.1 Å². The maximum absolute atomic E-state index is 12.6. The Morgan fingerprint density at radius 2 is 1.90 bits per heavy atom. The van der Waals surface area contributed by atoms with Crippen molar-refractivity contribution in [3.63, 3.8) is 0 Å². The predicted molar refractivity (Wildman–Crippen MR) is 80.4 cm³/mol. The molecule has 0 fully saturated rings. The van der Waals surface area contributed by atoms with E-state index < -0.39 is 0 Å². The topological polar surface area (TPSA) is 64.8 Å². The molecular weight excluding hydrogens is 256 g/mol. The van der Waals surface area contributed by atoms with Gasteiger partial charge in [0.15, 0.2) is 0 Å². The van der Waals surface area contributed by atoms with Crippen molar-refractivity contribution in [3.8, 4) is 11.5 Å². The van der Waals surface area contributed by atoms with Gasteiger partial charge in [-0.25, -0.2) is 0 Å². The quantitative estimate of drug-likeness (QED) is 0.842. The highest BCUT2D eigenvalue weighted by Crippen LogP contribution is 2.33. The number of methoxy groups -OCH3 is 2. The minimum atomic E-state index is -0.250. The van der Waals surface area contributed by atoms with Crippen molar-refractivity contribution in [2.24, 2.45) is 0 Å². The lowest BCUT2D eigenvalue weighted by atomic mass is 9.98.